The molecule has 2 aromatic carbocycles. The third kappa shape index (κ3) is 4.28. The second-order valence-corrected chi connectivity index (χ2v) is 11.3. The molecule has 1 N–H and O–H groups in total. The summed E-state index contributed by atoms with van der Waals surface area (Å²) in [6, 6.07) is 15.2. The molecule has 1 unspecified atom stereocenters. The monoisotopic (exact) mass is 474 g/mol. The van der Waals surface area contributed by atoms with E-state index in [4.69, 9.17) is 11.6 Å². The van der Waals surface area contributed by atoms with Crippen LogP contribution in [0, 0.1) is 5.92 Å². The summed E-state index contributed by atoms with van der Waals surface area (Å²) >= 11 is 5.94. The maximum absolute atomic E-state index is 13.7. The molecule has 2 aromatic rings. The van der Waals surface area contributed by atoms with Crippen LogP contribution < -0.4 is 5.32 Å². The predicted octanol–water partition coefficient (Wildman–Crippen LogP) is 4.30. The van der Waals surface area contributed by atoms with E-state index in [9.17, 15) is 18.0 Å². The Morgan fingerprint density at radius 2 is 1.62 bits per heavy atom. The maximum atomic E-state index is 13.7. The average molecular weight is 475 g/mol. The summed E-state index contributed by atoms with van der Waals surface area (Å²) in [7, 11) is -3.90. The lowest BCUT2D eigenvalue weighted by atomic mass is 9.95. The van der Waals surface area contributed by atoms with Crippen molar-refractivity contribution in [1.29, 1.82) is 0 Å². The van der Waals surface area contributed by atoms with Gasteiger partial charge in [0.25, 0.3) is 0 Å². The Bertz CT molecular complexity index is 1080. The van der Waals surface area contributed by atoms with Crippen molar-refractivity contribution in [1.82, 2.24) is 4.90 Å². The lowest BCUT2D eigenvalue weighted by molar-refractivity contribution is -0.137. The number of carbonyl (C=O) groups is 2. The molecule has 2 amide bonds. The number of benzene rings is 2. The van der Waals surface area contributed by atoms with E-state index in [1.807, 2.05) is 30.3 Å². The van der Waals surface area contributed by atoms with Gasteiger partial charge in [0.1, 0.15) is 0 Å². The van der Waals surface area contributed by atoms with Crippen molar-refractivity contribution in [3.63, 3.8) is 0 Å². The van der Waals surface area contributed by atoms with Gasteiger partial charge in [-0.2, -0.15) is 0 Å². The van der Waals surface area contributed by atoms with Crippen molar-refractivity contribution in [2.75, 3.05) is 18.4 Å². The van der Waals surface area contributed by atoms with E-state index in [1.54, 1.807) is 4.90 Å². The number of para-hydroxylation sites is 1. The Labute approximate surface area is 193 Å². The minimum Gasteiger partial charge on any atom is -0.341 e. The molecule has 0 spiro atoms. The van der Waals surface area contributed by atoms with Crippen LogP contribution in [-0.2, 0) is 19.4 Å². The summed E-state index contributed by atoms with van der Waals surface area (Å²) in [6.45, 7) is 0.696. The van der Waals surface area contributed by atoms with Gasteiger partial charge in [-0.05, 0) is 62.1 Å². The second-order valence-electron chi connectivity index (χ2n) is 8.60. The number of carbonyl (C=O) groups excluding carboxylic acids is 2. The number of sulfone groups is 1. The highest BCUT2D eigenvalue weighted by atomic mass is 35.5. The Balaban J connectivity index is 1.55. The van der Waals surface area contributed by atoms with E-state index in [2.05, 4.69) is 5.32 Å². The van der Waals surface area contributed by atoms with Gasteiger partial charge in [-0.3, -0.25) is 9.59 Å². The fourth-order valence-corrected chi connectivity index (χ4v) is 7.07. The number of nitrogens with one attached hydrogen (secondary N) is 1. The lowest BCUT2D eigenvalue weighted by Crippen LogP contribution is -2.55. The first-order valence-corrected chi connectivity index (χ1v) is 12.9. The second kappa shape index (κ2) is 9.24. The van der Waals surface area contributed by atoms with Gasteiger partial charge in [0.2, 0.25) is 11.8 Å². The van der Waals surface area contributed by atoms with E-state index in [0.717, 1.165) is 0 Å². The molecule has 1 atom stereocenters. The average Bonchev–Trinajstić information content (AvgIpc) is 3.31. The molecule has 6 nitrogen and oxygen atoms in total. The van der Waals surface area contributed by atoms with Crippen LogP contribution in [0.3, 0.4) is 0 Å². The number of rotatable bonds is 5. The third-order valence-electron chi connectivity index (χ3n) is 6.56. The highest BCUT2D eigenvalue weighted by Crippen LogP contribution is 2.42. The first kappa shape index (κ1) is 22.8. The SMILES string of the molecule is O=C(Nc1ccccc1)C1CCCN(C(=O)C2(S(=O)(=O)c3ccc(Cl)cc3)CCCC2)C1. The number of nitrogens with zero attached hydrogens (tertiary/aromatic N) is 1. The summed E-state index contributed by atoms with van der Waals surface area (Å²) in [5.74, 6) is -0.888. The molecule has 1 aliphatic heterocycles. The number of likely N-dealkylation sites (tertiary alicyclic amines) is 1. The quantitative estimate of drug-likeness (QED) is 0.700. The fraction of sp³-hybridized carbons (Fsp3) is 0.417. The van der Waals surface area contributed by atoms with Crippen molar-refractivity contribution < 1.29 is 18.0 Å². The topological polar surface area (TPSA) is 83.6 Å². The Hall–Kier alpha value is -2.38. The lowest BCUT2D eigenvalue weighted by Gasteiger charge is -2.38. The molecule has 0 bridgehead atoms. The number of amides is 2. The van der Waals surface area contributed by atoms with Gasteiger partial charge in [-0.1, -0.05) is 42.6 Å². The van der Waals surface area contributed by atoms with Crippen LogP contribution in [-0.4, -0.2) is 43.0 Å². The zero-order valence-electron chi connectivity index (χ0n) is 17.8. The van der Waals surface area contributed by atoms with Crippen molar-refractivity contribution in [3.05, 3.63) is 59.6 Å². The number of halogens is 1. The van der Waals surface area contributed by atoms with Crippen LogP contribution >= 0.6 is 11.6 Å². The van der Waals surface area contributed by atoms with Crippen LogP contribution in [0.15, 0.2) is 59.5 Å². The molecule has 1 heterocycles. The van der Waals surface area contributed by atoms with E-state index >= 15 is 0 Å². The van der Waals surface area contributed by atoms with Crippen molar-refractivity contribution in [3.8, 4) is 0 Å². The van der Waals surface area contributed by atoms with Gasteiger partial charge in [-0.15, -0.1) is 0 Å². The standard InChI is InChI=1S/C24H27ClN2O4S/c25-19-10-12-21(13-11-19)32(30,31)24(14-4-5-15-24)23(29)27-16-6-7-18(17-27)22(28)26-20-8-2-1-3-9-20/h1-3,8-13,18H,4-7,14-17H2,(H,26,28). The normalized spacial score (nSPS) is 20.7. The zero-order valence-corrected chi connectivity index (χ0v) is 19.4. The van der Waals surface area contributed by atoms with Crippen LogP contribution in [0.4, 0.5) is 5.69 Å². The van der Waals surface area contributed by atoms with Crippen LogP contribution in [0.5, 0.6) is 0 Å². The van der Waals surface area contributed by atoms with Gasteiger partial charge in [0, 0.05) is 23.8 Å². The maximum Gasteiger partial charge on any atom is 0.244 e. The molecule has 1 saturated heterocycles. The third-order valence-corrected chi connectivity index (χ3v) is 9.32. The molecule has 8 heteroatoms. The largest absolute Gasteiger partial charge is 0.341 e. The molecular formula is C24H27ClN2O4S. The first-order valence-electron chi connectivity index (χ1n) is 11.0. The number of anilines is 1. The Morgan fingerprint density at radius 1 is 0.969 bits per heavy atom. The summed E-state index contributed by atoms with van der Waals surface area (Å²) in [5, 5.41) is 3.35. The van der Waals surface area contributed by atoms with Gasteiger partial charge < -0.3 is 10.2 Å². The van der Waals surface area contributed by atoms with E-state index in [-0.39, 0.29) is 29.2 Å². The van der Waals surface area contributed by atoms with Gasteiger partial charge in [0.05, 0.1) is 10.8 Å². The molecule has 2 fully saturated rings. The number of piperidine rings is 1. The molecule has 32 heavy (non-hydrogen) atoms. The highest BCUT2D eigenvalue weighted by Gasteiger charge is 2.55. The van der Waals surface area contributed by atoms with E-state index < -0.39 is 14.6 Å². The van der Waals surface area contributed by atoms with E-state index in [0.29, 0.717) is 55.8 Å². The minimum atomic E-state index is -3.90. The number of hydrogen-bond donors (Lipinski definition) is 1. The van der Waals surface area contributed by atoms with Gasteiger partial charge in [-0.25, -0.2) is 8.42 Å². The van der Waals surface area contributed by atoms with Gasteiger partial charge >= 0.3 is 0 Å². The molecule has 170 valence electrons. The van der Waals surface area contributed by atoms with Crippen molar-refractivity contribution >= 4 is 38.9 Å². The Morgan fingerprint density at radius 3 is 2.28 bits per heavy atom. The molecule has 0 radical (unpaired) electrons. The fourth-order valence-electron chi connectivity index (χ4n) is 4.81. The summed E-state index contributed by atoms with van der Waals surface area (Å²) in [4.78, 5) is 28.2. The molecule has 4 rings (SSSR count). The first-order chi connectivity index (χ1) is 15.3. The summed E-state index contributed by atoms with van der Waals surface area (Å²) in [5.41, 5.74) is 0.707. The van der Waals surface area contributed by atoms with Crippen LogP contribution in [0.25, 0.3) is 0 Å². The molecule has 2 aliphatic rings. The van der Waals surface area contributed by atoms with Gasteiger partial charge in [0.15, 0.2) is 14.6 Å². The number of hydrogen-bond acceptors (Lipinski definition) is 4. The van der Waals surface area contributed by atoms with E-state index in [1.165, 1.54) is 24.3 Å². The smallest absolute Gasteiger partial charge is 0.244 e. The molecule has 1 saturated carbocycles. The van der Waals surface area contributed by atoms with Crippen molar-refractivity contribution in [2.45, 2.75) is 48.2 Å². The summed E-state index contributed by atoms with van der Waals surface area (Å²) in [6.07, 6.45) is 3.30. The highest BCUT2D eigenvalue weighted by molar-refractivity contribution is 7.93. The molecule has 1 aliphatic carbocycles. The van der Waals surface area contributed by atoms with Crippen molar-refractivity contribution in [2.24, 2.45) is 5.92 Å². The van der Waals surface area contributed by atoms with Crippen LogP contribution in [0.2, 0.25) is 5.02 Å². The summed E-state index contributed by atoms with van der Waals surface area (Å²) < 4.78 is 25.8. The predicted molar refractivity (Wildman–Crippen MR) is 124 cm³/mol. The zero-order chi connectivity index (χ0) is 22.8. The Kier molecular flexibility index (Phi) is 6.58. The molecular weight excluding hydrogens is 448 g/mol. The molecule has 0 aromatic heterocycles. The van der Waals surface area contributed by atoms with Crippen LogP contribution in [0.1, 0.15) is 38.5 Å². The minimum absolute atomic E-state index is 0.118.